The molecule has 6 nitrogen and oxygen atoms in total. The fraction of sp³-hybridized carbons (Fsp3) is 0.240. The fourth-order valence-corrected chi connectivity index (χ4v) is 4.31. The number of amides is 1. The zero-order valence-electron chi connectivity index (χ0n) is 17.8. The first-order chi connectivity index (χ1) is 15.6. The van der Waals surface area contributed by atoms with Crippen LogP contribution >= 0.6 is 0 Å². The molecule has 2 aromatic heterocycles. The third-order valence-corrected chi connectivity index (χ3v) is 5.85. The highest BCUT2D eigenvalue weighted by Crippen LogP contribution is 2.35. The maximum Gasteiger partial charge on any atom is 0.256 e. The number of rotatable bonds is 4. The summed E-state index contributed by atoms with van der Waals surface area (Å²) in [5.41, 5.74) is 5.66. The summed E-state index contributed by atoms with van der Waals surface area (Å²) >= 11 is 0. The Labute approximate surface area is 186 Å². The SMILES string of the molecule is CC1C=C(C(=O)Nc2cncc(F)c2)c2cc(-c3cncc(N4CCCC4)c3)ccc2N1. The van der Waals surface area contributed by atoms with Crippen molar-refractivity contribution in [1.29, 1.82) is 0 Å². The van der Waals surface area contributed by atoms with Gasteiger partial charge in [-0.2, -0.15) is 0 Å². The summed E-state index contributed by atoms with van der Waals surface area (Å²) in [5, 5.41) is 6.16. The van der Waals surface area contributed by atoms with Gasteiger partial charge in [0, 0.05) is 53.8 Å². The highest BCUT2D eigenvalue weighted by Gasteiger charge is 2.23. The minimum atomic E-state index is -0.497. The van der Waals surface area contributed by atoms with Crippen molar-refractivity contribution in [2.24, 2.45) is 0 Å². The van der Waals surface area contributed by atoms with Crippen molar-refractivity contribution >= 4 is 28.5 Å². The van der Waals surface area contributed by atoms with Gasteiger partial charge in [0.2, 0.25) is 0 Å². The zero-order valence-corrected chi connectivity index (χ0v) is 17.8. The maximum atomic E-state index is 13.5. The lowest BCUT2D eigenvalue weighted by atomic mass is 9.93. The van der Waals surface area contributed by atoms with E-state index in [1.807, 2.05) is 43.6 Å². The van der Waals surface area contributed by atoms with Crippen LogP contribution in [0.3, 0.4) is 0 Å². The van der Waals surface area contributed by atoms with E-state index in [1.165, 1.54) is 25.1 Å². The zero-order chi connectivity index (χ0) is 22.1. The fourth-order valence-electron chi connectivity index (χ4n) is 4.31. The number of carbonyl (C=O) groups excluding carboxylic acids is 1. The molecule has 32 heavy (non-hydrogen) atoms. The second kappa shape index (κ2) is 8.42. The lowest BCUT2D eigenvalue weighted by Crippen LogP contribution is -2.24. The number of nitrogens with one attached hydrogen (secondary N) is 2. The summed E-state index contributed by atoms with van der Waals surface area (Å²) in [7, 11) is 0. The third-order valence-electron chi connectivity index (χ3n) is 5.85. The Bertz CT molecular complexity index is 1200. The predicted octanol–water partition coefficient (Wildman–Crippen LogP) is 4.72. The van der Waals surface area contributed by atoms with E-state index in [0.29, 0.717) is 11.3 Å². The van der Waals surface area contributed by atoms with Crippen LogP contribution in [0.2, 0.25) is 0 Å². The molecule has 7 heteroatoms. The molecule has 2 aliphatic heterocycles. The van der Waals surface area contributed by atoms with Crippen molar-refractivity contribution in [1.82, 2.24) is 9.97 Å². The number of halogens is 1. The van der Waals surface area contributed by atoms with E-state index in [2.05, 4.69) is 31.6 Å². The van der Waals surface area contributed by atoms with Crippen LogP contribution in [0.15, 0.2) is 61.2 Å². The molecule has 162 valence electrons. The van der Waals surface area contributed by atoms with E-state index in [-0.39, 0.29) is 11.9 Å². The number of aromatic nitrogens is 2. The van der Waals surface area contributed by atoms with Crippen LogP contribution < -0.4 is 15.5 Å². The molecule has 2 N–H and O–H groups in total. The Balaban J connectivity index is 1.47. The minimum absolute atomic E-state index is 0.0140. The van der Waals surface area contributed by atoms with Crippen molar-refractivity contribution in [2.75, 3.05) is 28.6 Å². The quantitative estimate of drug-likeness (QED) is 0.628. The van der Waals surface area contributed by atoms with E-state index in [4.69, 9.17) is 0 Å². The van der Waals surface area contributed by atoms with Gasteiger partial charge in [-0.3, -0.25) is 14.8 Å². The Morgan fingerprint density at radius 1 is 1.06 bits per heavy atom. The van der Waals surface area contributed by atoms with Gasteiger partial charge in [0.15, 0.2) is 0 Å². The van der Waals surface area contributed by atoms with Crippen LogP contribution in [0.4, 0.5) is 21.5 Å². The molecular weight excluding hydrogens is 405 g/mol. The maximum absolute atomic E-state index is 13.5. The van der Waals surface area contributed by atoms with E-state index in [0.717, 1.165) is 47.4 Å². The average molecular weight is 429 g/mol. The lowest BCUT2D eigenvalue weighted by Gasteiger charge is -2.24. The Kier molecular flexibility index (Phi) is 5.31. The van der Waals surface area contributed by atoms with E-state index in [9.17, 15) is 9.18 Å². The predicted molar refractivity (Wildman–Crippen MR) is 125 cm³/mol. The molecule has 0 saturated carbocycles. The van der Waals surface area contributed by atoms with Crippen molar-refractivity contribution in [3.63, 3.8) is 0 Å². The van der Waals surface area contributed by atoms with Crippen LogP contribution in [0.5, 0.6) is 0 Å². The molecule has 1 amide bonds. The number of pyridine rings is 2. The molecule has 1 aromatic carbocycles. The standard InChI is InChI=1S/C25H24FN5O/c1-16-8-23(25(32)30-20-11-19(26)13-28-14-20)22-10-17(4-5-24(22)29-16)18-9-21(15-27-12-18)31-6-2-3-7-31/h4-5,8-16,29H,2-3,6-7H2,1H3,(H,30,32). The normalized spacial score (nSPS) is 17.4. The van der Waals surface area contributed by atoms with Crippen LogP contribution in [-0.2, 0) is 4.79 Å². The molecule has 2 aliphatic rings. The molecule has 0 aliphatic carbocycles. The third kappa shape index (κ3) is 4.06. The van der Waals surface area contributed by atoms with Crippen molar-refractivity contribution in [3.8, 4) is 11.1 Å². The van der Waals surface area contributed by atoms with Crippen LogP contribution in [0.1, 0.15) is 25.3 Å². The summed E-state index contributed by atoms with van der Waals surface area (Å²) in [4.78, 5) is 23.7. The molecule has 1 unspecified atom stereocenters. The largest absolute Gasteiger partial charge is 0.379 e. The van der Waals surface area contributed by atoms with Gasteiger partial charge < -0.3 is 15.5 Å². The Hall–Kier alpha value is -3.74. The monoisotopic (exact) mass is 429 g/mol. The van der Waals surface area contributed by atoms with Crippen LogP contribution in [-0.4, -0.2) is 35.0 Å². The first-order valence-corrected chi connectivity index (χ1v) is 10.8. The summed E-state index contributed by atoms with van der Waals surface area (Å²) < 4.78 is 13.5. The van der Waals surface area contributed by atoms with Crippen LogP contribution in [0, 0.1) is 5.82 Å². The number of benzene rings is 1. The number of carbonyl (C=O) groups is 1. The topological polar surface area (TPSA) is 70.2 Å². The molecule has 1 fully saturated rings. The number of anilines is 3. The molecule has 1 saturated heterocycles. The summed E-state index contributed by atoms with van der Waals surface area (Å²) in [5.74, 6) is -0.795. The van der Waals surface area contributed by atoms with Gasteiger partial charge in [-0.05, 0) is 49.6 Å². The molecule has 5 rings (SSSR count). The second-order valence-corrected chi connectivity index (χ2v) is 8.25. The Morgan fingerprint density at radius 2 is 1.88 bits per heavy atom. The van der Waals surface area contributed by atoms with Gasteiger partial charge in [-0.1, -0.05) is 6.07 Å². The summed E-state index contributed by atoms with van der Waals surface area (Å²) in [6.07, 6.45) is 10.6. The first kappa shape index (κ1) is 20.2. The van der Waals surface area contributed by atoms with Gasteiger partial charge >= 0.3 is 0 Å². The van der Waals surface area contributed by atoms with Crippen molar-refractivity contribution in [3.05, 3.63) is 72.6 Å². The van der Waals surface area contributed by atoms with E-state index >= 15 is 0 Å². The van der Waals surface area contributed by atoms with Crippen LogP contribution in [0.25, 0.3) is 16.7 Å². The highest BCUT2D eigenvalue weighted by molar-refractivity contribution is 6.27. The van der Waals surface area contributed by atoms with E-state index < -0.39 is 5.82 Å². The van der Waals surface area contributed by atoms with Gasteiger partial charge in [0.05, 0.1) is 30.0 Å². The molecule has 0 radical (unpaired) electrons. The van der Waals surface area contributed by atoms with Crippen molar-refractivity contribution < 1.29 is 9.18 Å². The first-order valence-electron chi connectivity index (χ1n) is 10.8. The number of nitrogens with zero attached hydrogens (tertiary/aromatic N) is 3. The number of hydrogen-bond donors (Lipinski definition) is 2. The highest BCUT2D eigenvalue weighted by atomic mass is 19.1. The van der Waals surface area contributed by atoms with E-state index in [1.54, 1.807) is 0 Å². The molecule has 0 spiro atoms. The molecule has 0 bridgehead atoms. The average Bonchev–Trinajstić information content (AvgIpc) is 3.33. The molecule has 1 atom stereocenters. The van der Waals surface area contributed by atoms with Gasteiger partial charge in [0.1, 0.15) is 5.82 Å². The summed E-state index contributed by atoms with van der Waals surface area (Å²) in [6, 6.07) is 9.44. The smallest absolute Gasteiger partial charge is 0.256 e. The van der Waals surface area contributed by atoms with Gasteiger partial charge in [-0.15, -0.1) is 0 Å². The van der Waals surface area contributed by atoms with Crippen molar-refractivity contribution in [2.45, 2.75) is 25.8 Å². The molecule has 4 heterocycles. The minimum Gasteiger partial charge on any atom is -0.379 e. The Morgan fingerprint density at radius 3 is 2.69 bits per heavy atom. The van der Waals surface area contributed by atoms with Gasteiger partial charge in [0.25, 0.3) is 5.91 Å². The number of hydrogen-bond acceptors (Lipinski definition) is 5. The lowest BCUT2D eigenvalue weighted by molar-refractivity contribution is -0.111. The molecule has 3 aromatic rings. The van der Waals surface area contributed by atoms with Gasteiger partial charge in [-0.25, -0.2) is 4.39 Å². The second-order valence-electron chi connectivity index (χ2n) is 8.25. The molecular formula is C25H24FN5O. The number of fused-ring (bicyclic) bond motifs is 1. The summed E-state index contributed by atoms with van der Waals surface area (Å²) in [6.45, 7) is 4.09.